The van der Waals surface area contributed by atoms with Gasteiger partial charge >= 0.3 is 0 Å². The predicted molar refractivity (Wildman–Crippen MR) is 92.9 cm³/mol. The molecule has 1 aliphatic rings. The number of hydrogen-bond acceptors (Lipinski definition) is 4. The molecule has 0 aliphatic carbocycles. The van der Waals surface area contributed by atoms with Crippen LogP contribution in [0.1, 0.15) is 30.4 Å². The number of carbonyl (C=O) groups excluding carboxylic acids is 1. The topological polar surface area (TPSA) is 86.9 Å². The Hall–Kier alpha value is -2.74. The van der Waals surface area contributed by atoms with Gasteiger partial charge in [0.05, 0.1) is 11.0 Å². The van der Waals surface area contributed by atoms with E-state index in [0.717, 1.165) is 25.2 Å². The number of hydrogen-bond donors (Lipinski definition) is 2. The van der Waals surface area contributed by atoms with E-state index in [9.17, 15) is 9.18 Å². The van der Waals surface area contributed by atoms with Gasteiger partial charge in [-0.2, -0.15) is 0 Å². The second kappa shape index (κ2) is 7.25. The van der Waals surface area contributed by atoms with Crippen molar-refractivity contribution in [3.63, 3.8) is 0 Å². The van der Waals surface area contributed by atoms with Gasteiger partial charge in [0.15, 0.2) is 0 Å². The Morgan fingerprint density at radius 2 is 2.35 bits per heavy atom. The van der Waals surface area contributed by atoms with E-state index >= 15 is 0 Å². The Balaban J connectivity index is 1.30. The van der Waals surface area contributed by atoms with Crippen molar-refractivity contribution in [2.24, 2.45) is 0 Å². The van der Waals surface area contributed by atoms with E-state index in [-0.39, 0.29) is 30.9 Å². The van der Waals surface area contributed by atoms with Crippen molar-refractivity contribution in [3.8, 4) is 0 Å². The number of imidazole rings is 2. The lowest BCUT2D eigenvalue weighted by molar-refractivity contribution is -0.137. The number of rotatable bonds is 5. The summed E-state index contributed by atoms with van der Waals surface area (Å²) in [6, 6.07) is 4.36. The van der Waals surface area contributed by atoms with Crippen LogP contribution in [0.3, 0.4) is 0 Å². The Labute approximate surface area is 149 Å². The van der Waals surface area contributed by atoms with E-state index in [1.165, 1.54) is 12.1 Å². The average Bonchev–Trinajstić information content (AvgIpc) is 3.31. The van der Waals surface area contributed by atoms with E-state index < -0.39 is 0 Å². The zero-order chi connectivity index (χ0) is 17.9. The molecule has 2 aromatic heterocycles. The third-order valence-electron chi connectivity index (χ3n) is 4.64. The molecule has 1 aromatic carbocycles. The molecule has 4 rings (SSSR count). The van der Waals surface area contributed by atoms with E-state index in [2.05, 4.69) is 19.9 Å². The van der Waals surface area contributed by atoms with Crippen LogP contribution in [-0.4, -0.2) is 50.4 Å². The number of likely N-dealkylation sites (tertiary alicyclic amines) is 1. The maximum atomic E-state index is 13.2. The fraction of sp³-hybridized carbons (Fsp3) is 0.389. The summed E-state index contributed by atoms with van der Waals surface area (Å²) in [7, 11) is 0. The minimum Gasteiger partial charge on any atom is -0.364 e. The number of H-pyrrole nitrogens is 2. The number of aromatic nitrogens is 4. The quantitative estimate of drug-likeness (QED) is 0.734. The molecule has 0 radical (unpaired) electrons. The van der Waals surface area contributed by atoms with Gasteiger partial charge in [-0.05, 0) is 31.0 Å². The lowest BCUT2D eigenvalue weighted by atomic mass is 9.97. The average molecular weight is 357 g/mol. The summed E-state index contributed by atoms with van der Waals surface area (Å²) >= 11 is 0. The molecule has 0 bridgehead atoms. The van der Waals surface area contributed by atoms with Gasteiger partial charge in [0, 0.05) is 31.4 Å². The van der Waals surface area contributed by atoms with Crippen molar-refractivity contribution >= 4 is 16.9 Å². The fourth-order valence-corrected chi connectivity index (χ4v) is 3.36. The summed E-state index contributed by atoms with van der Waals surface area (Å²) < 4.78 is 18.7. The van der Waals surface area contributed by atoms with E-state index in [1.54, 1.807) is 18.5 Å². The first-order valence-corrected chi connectivity index (χ1v) is 8.68. The summed E-state index contributed by atoms with van der Waals surface area (Å²) in [6.07, 6.45) is 5.51. The molecule has 1 atom stereocenters. The summed E-state index contributed by atoms with van der Waals surface area (Å²) in [5, 5.41) is 0. The minimum absolute atomic E-state index is 0.00369. The highest BCUT2D eigenvalue weighted by Gasteiger charge is 2.26. The number of nitrogens with zero attached hydrogens (tertiary/aromatic N) is 3. The Kier molecular flexibility index (Phi) is 4.66. The molecule has 7 nitrogen and oxygen atoms in total. The van der Waals surface area contributed by atoms with E-state index in [4.69, 9.17) is 4.74 Å². The fourth-order valence-electron chi connectivity index (χ4n) is 3.36. The number of aromatic amines is 2. The van der Waals surface area contributed by atoms with Crippen molar-refractivity contribution in [1.82, 2.24) is 24.8 Å². The van der Waals surface area contributed by atoms with Crippen LogP contribution in [0, 0.1) is 5.82 Å². The van der Waals surface area contributed by atoms with Crippen LogP contribution in [0.15, 0.2) is 30.6 Å². The van der Waals surface area contributed by atoms with Crippen LogP contribution in [0.5, 0.6) is 0 Å². The Morgan fingerprint density at radius 3 is 3.19 bits per heavy atom. The standard InChI is InChI=1S/C18H20FN5O2/c19-13-3-4-14-15(8-13)23-16(22-14)10-26-11-17(25)24-7-1-2-12(9-24)18-20-5-6-21-18/h3-6,8,12H,1-2,7,9-11H2,(H,20,21)(H,22,23). The Bertz CT molecular complexity index is 892. The molecule has 1 amide bonds. The highest BCUT2D eigenvalue weighted by atomic mass is 19.1. The van der Waals surface area contributed by atoms with Gasteiger partial charge in [0.1, 0.15) is 30.7 Å². The van der Waals surface area contributed by atoms with Crippen LogP contribution in [0.4, 0.5) is 4.39 Å². The molecule has 3 aromatic rings. The smallest absolute Gasteiger partial charge is 0.248 e. The van der Waals surface area contributed by atoms with Gasteiger partial charge in [-0.1, -0.05) is 0 Å². The van der Waals surface area contributed by atoms with Crippen molar-refractivity contribution in [2.75, 3.05) is 19.7 Å². The van der Waals surface area contributed by atoms with Crippen molar-refractivity contribution < 1.29 is 13.9 Å². The van der Waals surface area contributed by atoms with Crippen LogP contribution in [0.25, 0.3) is 11.0 Å². The number of benzene rings is 1. The van der Waals surface area contributed by atoms with Crippen LogP contribution in [0.2, 0.25) is 0 Å². The van der Waals surface area contributed by atoms with Gasteiger partial charge in [-0.3, -0.25) is 4.79 Å². The Morgan fingerprint density at radius 1 is 1.42 bits per heavy atom. The third kappa shape index (κ3) is 3.60. The molecule has 0 saturated carbocycles. The number of ether oxygens (including phenoxy) is 1. The first-order chi connectivity index (χ1) is 12.7. The normalized spacial score (nSPS) is 17.7. The molecule has 26 heavy (non-hydrogen) atoms. The second-order valence-corrected chi connectivity index (χ2v) is 6.49. The largest absolute Gasteiger partial charge is 0.364 e. The second-order valence-electron chi connectivity index (χ2n) is 6.49. The lowest BCUT2D eigenvalue weighted by Gasteiger charge is -2.31. The van der Waals surface area contributed by atoms with Gasteiger partial charge in [-0.25, -0.2) is 14.4 Å². The molecule has 3 heterocycles. The van der Waals surface area contributed by atoms with Crippen LogP contribution >= 0.6 is 0 Å². The lowest BCUT2D eigenvalue weighted by Crippen LogP contribution is -2.41. The molecule has 1 fully saturated rings. The predicted octanol–water partition coefficient (Wildman–Crippen LogP) is 2.35. The molecule has 1 unspecified atom stereocenters. The maximum Gasteiger partial charge on any atom is 0.248 e. The van der Waals surface area contributed by atoms with Gasteiger partial charge < -0.3 is 19.6 Å². The minimum atomic E-state index is -0.319. The SMILES string of the molecule is O=C(COCc1nc2ccc(F)cc2[nH]1)N1CCCC(c2ncc[nH]2)C1. The highest BCUT2D eigenvalue weighted by molar-refractivity contribution is 5.77. The number of carbonyl (C=O) groups is 1. The number of amides is 1. The van der Waals surface area contributed by atoms with Crippen molar-refractivity contribution in [3.05, 3.63) is 48.1 Å². The summed E-state index contributed by atoms with van der Waals surface area (Å²) in [4.78, 5) is 29.0. The number of nitrogens with one attached hydrogen (secondary N) is 2. The van der Waals surface area contributed by atoms with Crippen molar-refractivity contribution in [1.29, 1.82) is 0 Å². The number of piperidine rings is 1. The first-order valence-electron chi connectivity index (χ1n) is 8.68. The molecule has 1 aliphatic heterocycles. The summed E-state index contributed by atoms with van der Waals surface area (Å²) in [5.74, 6) is 1.39. The molecule has 0 spiro atoms. The third-order valence-corrected chi connectivity index (χ3v) is 4.64. The summed E-state index contributed by atoms with van der Waals surface area (Å²) in [6.45, 7) is 1.57. The van der Waals surface area contributed by atoms with E-state index in [0.29, 0.717) is 23.4 Å². The summed E-state index contributed by atoms with van der Waals surface area (Å²) in [5.41, 5.74) is 1.29. The molecular weight excluding hydrogens is 337 g/mol. The first kappa shape index (κ1) is 16.7. The van der Waals surface area contributed by atoms with E-state index in [1.807, 2.05) is 4.90 Å². The molecular formula is C18H20FN5O2. The zero-order valence-corrected chi connectivity index (χ0v) is 14.2. The van der Waals surface area contributed by atoms with Crippen LogP contribution < -0.4 is 0 Å². The highest BCUT2D eigenvalue weighted by Crippen LogP contribution is 2.24. The van der Waals surface area contributed by atoms with Gasteiger partial charge in [0.2, 0.25) is 5.91 Å². The maximum absolute atomic E-state index is 13.2. The number of halogens is 1. The monoisotopic (exact) mass is 357 g/mol. The molecule has 8 heteroatoms. The van der Waals surface area contributed by atoms with Gasteiger partial charge in [0.25, 0.3) is 0 Å². The van der Waals surface area contributed by atoms with Crippen molar-refractivity contribution in [2.45, 2.75) is 25.4 Å². The zero-order valence-electron chi connectivity index (χ0n) is 14.2. The van der Waals surface area contributed by atoms with Gasteiger partial charge in [-0.15, -0.1) is 0 Å². The molecule has 136 valence electrons. The molecule has 2 N–H and O–H groups in total. The molecule has 1 saturated heterocycles. The van der Waals surface area contributed by atoms with Crippen LogP contribution in [-0.2, 0) is 16.1 Å². The number of fused-ring (bicyclic) bond motifs is 1.